The van der Waals surface area contributed by atoms with E-state index < -0.39 is 0 Å². The highest BCUT2D eigenvalue weighted by atomic mass is 35.5. The van der Waals surface area contributed by atoms with Gasteiger partial charge in [-0.3, -0.25) is 14.5 Å². The largest absolute Gasteiger partial charge is 0.487 e. The molecule has 1 saturated heterocycles. The van der Waals surface area contributed by atoms with Crippen molar-refractivity contribution in [2.45, 2.75) is 20.1 Å². The Labute approximate surface area is 190 Å². The van der Waals surface area contributed by atoms with Crippen LogP contribution in [-0.4, -0.2) is 16.0 Å². The molecule has 0 spiro atoms. The number of carbonyl (C=O) groups is 2. The average molecular weight is 450 g/mol. The van der Waals surface area contributed by atoms with Gasteiger partial charge in [-0.2, -0.15) is 0 Å². The predicted octanol–water partition coefficient (Wildman–Crippen LogP) is 6.46. The van der Waals surface area contributed by atoms with Crippen LogP contribution < -0.4 is 4.74 Å². The molecule has 1 heterocycles. The summed E-state index contributed by atoms with van der Waals surface area (Å²) in [5.41, 5.74) is 3.82. The van der Waals surface area contributed by atoms with E-state index in [1.54, 1.807) is 18.2 Å². The molecule has 0 aliphatic carbocycles. The van der Waals surface area contributed by atoms with E-state index in [2.05, 4.69) is 0 Å². The van der Waals surface area contributed by atoms with Crippen molar-refractivity contribution >= 4 is 40.6 Å². The van der Waals surface area contributed by atoms with Gasteiger partial charge >= 0.3 is 0 Å². The average Bonchev–Trinajstić information content (AvgIpc) is 3.03. The molecule has 2 amide bonds. The van der Waals surface area contributed by atoms with Gasteiger partial charge in [-0.15, -0.1) is 0 Å². The van der Waals surface area contributed by atoms with Gasteiger partial charge in [0.15, 0.2) is 0 Å². The predicted molar refractivity (Wildman–Crippen MR) is 125 cm³/mol. The number of halogens is 1. The highest BCUT2D eigenvalue weighted by Gasteiger charge is 2.34. The molecule has 4 rings (SSSR count). The van der Waals surface area contributed by atoms with E-state index in [1.807, 2.05) is 67.6 Å². The summed E-state index contributed by atoms with van der Waals surface area (Å²) in [6.07, 6.45) is 1.69. The van der Waals surface area contributed by atoms with Crippen molar-refractivity contribution in [3.05, 3.63) is 105 Å². The van der Waals surface area contributed by atoms with Crippen molar-refractivity contribution in [3.8, 4) is 5.75 Å². The van der Waals surface area contributed by atoms with Gasteiger partial charge in [0.25, 0.3) is 11.1 Å². The number of benzene rings is 3. The van der Waals surface area contributed by atoms with Crippen LogP contribution >= 0.6 is 23.4 Å². The zero-order valence-electron chi connectivity index (χ0n) is 16.9. The lowest BCUT2D eigenvalue weighted by atomic mass is 10.1. The SMILES string of the molecule is Cc1ccc(CN2C(=O)S/C(=C\c3ccc(OCc4ccccc4)c(Cl)c3)C2=O)cc1. The zero-order valence-corrected chi connectivity index (χ0v) is 18.5. The number of imide groups is 1. The fourth-order valence-corrected chi connectivity index (χ4v) is 4.20. The first-order chi connectivity index (χ1) is 15.0. The zero-order chi connectivity index (χ0) is 21.8. The number of carbonyl (C=O) groups excluding carboxylic acids is 2. The topological polar surface area (TPSA) is 46.6 Å². The Bertz CT molecular complexity index is 1140. The summed E-state index contributed by atoms with van der Waals surface area (Å²) in [5, 5.41) is 0.175. The number of rotatable bonds is 6. The fraction of sp³-hybridized carbons (Fsp3) is 0.120. The molecule has 3 aromatic rings. The summed E-state index contributed by atoms with van der Waals surface area (Å²) >= 11 is 7.31. The molecular weight excluding hydrogens is 430 g/mol. The van der Waals surface area contributed by atoms with Gasteiger partial charge < -0.3 is 4.74 Å². The van der Waals surface area contributed by atoms with Gasteiger partial charge in [-0.1, -0.05) is 77.8 Å². The molecule has 3 aromatic carbocycles. The van der Waals surface area contributed by atoms with Gasteiger partial charge in [0.05, 0.1) is 16.5 Å². The van der Waals surface area contributed by atoms with Crippen LogP contribution in [0.3, 0.4) is 0 Å². The Morgan fingerprint density at radius 2 is 1.71 bits per heavy atom. The summed E-state index contributed by atoms with van der Waals surface area (Å²) in [5.74, 6) is 0.270. The maximum atomic E-state index is 12.8. The van der Waals surface area contributed by atoms with Crippen LogP contribution in [0.2, 0.25) is 5.02 Å². The van der Waals surface area contributed by atoms with Crippen LogP contribution in [0.4, 0.5) is 4.79 Å². The summed E-state index contributed by atoms with van der Waals surface area (Å²) in [6, 6.07) is 22.9. The van der Waals surface area contributed by atoms with Crippen molar-refractivity contribution in [2.24, 2.45) is 0 Å². The third kappa shape index (κ3) is 5.19. The maximum Gasteiger partial charge on any atom is 0.293 e. The Morgan fingerprint density at radius 1 is 0.968 bits per heavy atom. The second-order valence-corrected chi connectivity index (χ2v) is 8.62. The van der Waals surface area contributed by atoms with E-state index in [0.717, 1.165) is 34.0 Å². The molecule has 1 aliphatic heterocycles. The summed E-state index contributed by atoms with van der Waals surface area (Å²) in [7, 11) is 0. The van der Waals surface area contributed by atoms with Crippen molar-refractivity contribution in [1.82, 2.24) is 4.90 Å². The lowest BCUT2D eigenvalue weighted by Gasteiger charge is -2.12. The Balaban J connectivity index is 1.45. The normalized spacial score (nSPS) is 15.0. The molecule has 0 bridgehead atoms. The molecule has 6 heteroatoms. The summed E-state index contributed by atoms with van der Waals surface area (Å²) in [6.45, 7) is 2.67. The van der Waals surface area contributed by atoms with Crippen molar-refractivity contribution in [2.75, 3.05) is 0 Å². The number of hydrogen-bond acceptors (Lipinski definition) is 4. The van der Waals surface area contributed by atoms with E-state index in [-0.39, 0.29) is 17.7 Å². The van der Waals surface area contributed by atoms with E-state index in [0.29, 0.717) is 22.3 Å². The molecule has 1 aliphatic rings. The number of ether oxygens (including phenoxy) is 1. The third-order valence-electron chi connectivity index (χ3n) is 4.83. The minimum Gasteiger partial charge on any atom is -0.487 e. The Hall–Kier alpha value is -3.02. The monoisotopic (exact) mass is 449 g/mol. The minimum absolute atomic E-state index is 0.259. The standard InChI is InChI=1S/C25H20ClNO3S/c1-17-7-9-18(10-8-17)15-27-24(28)23(31-25(27)29)14-20-11-12-22(21(26)13-20)30-16-19-5-3-2-4-6-19/h2-14H,15-16H2,1H3/b23-14-. The number of hydrogen-bond donors (Lipinski definition) is 0. The van der Waals surface area contributed by atoms with Crippen LogP contribution in [0.5, 0.6) is 5.75 Å². The van der Waals surface area contributed by atoms with Crippen LogP contribution in [0, 0.1) is 6.92 Å². The molecule has 0 atom stereocenters. The molecule has 0 aromatic heterocycles. The van der Waals surface area contributed by atoms with Crippen LogP contribution in [0.15, 0.2) is 77.7 Å². The first kappa shape index (κ1) is 21.2. The number of amides is 2. The van der Waals surface area contributed by atoms with Crippen molar-refractivity contribution in [3.63, 3.8) is 0 Å². The lowest BCUT2D eigenvalue weighted by Crippen LogP contribution is -2.27. The maximum absolute atomic E-state index is 12.8. The minimum atomic E-state index is -0.295. The molecular formula is C25H20ClNO3S. The van der Waals surface area contributed by atoms with E-state index in [9.17, 15) is 9.59 Å². The van der Waals surface area contributed by atoms with Gasteiger partial charge in [0, 0.05) is 0 Å². The fourth-order valence-electron chi connectivity index (χ4n) is 3.12. The number of nitrogens with zero attached hydrogens (tertiary/aromatic N) is 1. The van der Waals surface area contributed by atoms with Crippen LogP contribution in [0.1, 0.15) is 22.3 Å². The van der Waals surface area contributed by atoms with Gasteiger partial charge in [-0.25, -0.2) is 0 Å². The van der Waals surface area contributed by atoms with Crippen LogP contribution in [-0.2, 0) is 17.9 Å². The van der Waals surface area contributed by atoms with E-state index in [4.69, 9.17) is 16.3 Å². The van der Waals surface area contributed by atoms with Gasteiger partial charge in [0.1, 0.15) is 12.4 Å². The van der Waals surface area contributed by atoms with E-state index in [1.165, 1.54) is 4.90 Å². The molecule has 0 unspecified atom stereocenters. The smallest absolute Gasteiger partial charge is 0.293 e. The molecule has 0 radical (unpaired) electrons. The first-order valence-electron chi connectivity index (χ1n) is 9.77. The van der Waals surface area contributed by atoms with Gasteiger partial charge in [0.2, 0.25) is 0 Å². The van der Waals surface area contributed by atoms with E-state index >= 15 is 0 Å². The van der Waals surface area contributed by atoms with Gasteiger partial charge in [-0.05, 0) is 53.6 Å². The molecule has 156 valence electrons. The van der Waals surface area contributed by atoms with Crippen molar-refractivity contribution < 1.29 is 14.3 Å². The molecule has 0 saturated carbocycles. The third-order valence-corrected chi connectivity index (χ3v) is 6.03. The quantitative estimate of drug-likeness (QED) is 0.405. The van der Waals surface area contributed by atoms with Crippen LogP contribution in [0.25, 0.3) is 6.08 Å². The number of aryl methyl sites for hydroxylation is 1. The highest BCUT2D eigenvalue weighted by Crippen LogP contribution is 2.34. The van der Waals surface area contributed by atoms with Crippen molar-refractivity contribution in [1.29, 1.82) is 0 Å². The molecule has 1 fully saturated rings. The lowest BCUT2D eigenvalue weighted by molar-refractivity contribution is -0.123. The molecule has 31 heavy (non-hydrogen) atoms. The first-order valence-corrected chi connectivity index (χ1v) is 11.0. The Morgan fingerprint density at radius 3 is 2.42 bits per heavy atom. The molecule has 0 N–H and O–H groups in total. The number of thioether (sulfide) groups is 1. The summed E-state index contributed by atoms with van der Waals surface area (Å²) < 4.78 is 5.79. The Kier molecular flexibility index (Phi) is 6.44. The molecule has 4 nitrogen and oxygen atoms in total. The second-order valence-electron chi connectivity index (χ2n) is 7.22. The highest BCUT2D eigenvalue weighted by molar-refractivity contribution is 8.18. The second kappa shape index (κ2) is 9.41. The summed E-state index contributed by atoms with van der Waals surface area (Å²) in [4.78, 5) is 26.8.